The molecule has 31 heavy (non-hydrogen) atoms. The van der Waals surface area contributed by atoms with Gasteiger partial charge in [0, 0.05) is 36.0 Å². The van der Waals surface area contributed by atoms with Gasteiger partial charge in [0.2, 0.25) is 0 Å². The standard InChI is InChI=1S/C24H33N3O4/c1-6-13-31-27-22(2,3)18-19(23(27,4)5)24(18,25-11-14-30-15-12-25)26-20(28)16-9-7-8-10-17(16)21(26)29/h7-10,18-19H,6,11-15H2,1-5H3. The predicted molar refractivity (Wildman–Crippen MR) is 115 cm³/mol. The SMILES string of the molecule is CCCON1C(C)(C)C2C(C1(C)C)C2(N1CCOCC1)N1C(=O)c2ccccc2C1=O. The molecule has 4 aliphatic rings. The largest absolute Gasteiger partial charge is 0.379 e. The molecule has 0 N–H and O–H groups in total. The molecule has 0 radical (unpaired) electrons. The summed E-state index contributed by atoms with van der Waals surface area (Å²) in [7, 11) is 0. The van der Waals surface area contributed by atoms with Crippen LogP contribution in [0.4, 0.5) is 0 Å². The number of carbonyl (C=O) groups excluding carboxylic acids is 2. The van der Waals surface area contributed by atoms with E-state index in [0.717, 1.165) is 6.42 Å². The van der Waals surface area contributed by atoms with Crippen LogP contribution < -0.4 is 0 Å². The van der Waals surface area contributed by atoms with Crippen molar-refractivity contribution >= 4 is 11.8 Å². The van der Waals surface area contributed by atoms with Gasteiger partial charge in [0.15, 0.2) is 0 Å². The number of piperidine rings is 1. The molecule has 2 unspecified atom stereocenters. The molecule has 3 aliphatic heterocycles. The first kappa shape index (κ1) is 21.1. The predicted octanol–water partition coefficient (Wildman–Crippen LogP) is 2.77. The van der Waals surface area contributed by atoms with Gasteiger partial charge < -0.3 is 4.74 Å². The quantitative estimate of drug-likeness (QED) is 0.674. The number of rotatable bonds is 5. The van der Waals surface area contributed by atoms with Crippen molar-refractivity contribution in [2.45, 2.75) is 57.8 Å². The highest BCUT2D eigenvalue weighted by Crippen LogP contribution is 2.73. The third-order valence-electron chi connectivity index (χ3n) is 7.80. The van der Waals surface area contributed by atoms with Crippen LogP contribution in [0, 0.1) is 11.8 Å². The maximum Gasteiger partial charge on any atom is 0.263 e. The highest BCUT2D eigenvalue weighted by molar-refractivity contribution is 6.22. The minimum Gasteiger partial charge on any atom is -0.379 e. The summed E-state index contributed by atoms with van der Waals surface area (Å²) in [6.07, 6.45) is 0.936. The topological polar surface area (TPSA) is 62.3 Å². The molecule has 2 saturated heterocycles. The molecular formula is C24H33N3O4. The highest BCUT2D eigenvalue weighted by atomic mass is 16.7. The van der Waals surface area contributed by atoms with E-state index in [1.165, 1.54) is 0 Å². The normalized spacial score (nSPS) is 34.2. The molecule has 1 aromatic carbocycles. The Morgan fingerprint density at radius 2 is 1.48 bits per heavy atom. The average Bonchev–Trinajstić information content (AvgIpc) is 3.36. The van der Waals surface area contributed by atoms with Gasteiger partial charge >= 0.3 is 0 Å². The zero-order chi connectivity index (χ0) is 22.2. The van der Waals surface area contributed by atoms with Gasteiger partial charge in [-0.3, -0.25) is 24.2 Å². The zero-order valence-corrected chi connectivity index (χ0v) is 19.2. The second-order valence-electron chi connectivity index (χ2n) is 10.3. The fraction of sp³-hybridized carbons (Fsp3) is 0.667. The summed E-state index contributed by atoms with van der Waals surface area (Å²) in [5.41, 5.74) is -0.302. The smallest absolute Gasteiger partial charge is 0.263 e. The van der Waals surface area contributed by atoms with Gasteiger partial charge in [-0.05, 0) is 46.2 Å². The van der Waals surface area contributed by atoms with Crippen LogP contribution in [-0.2, 0) is 9.57 Å². The number of imide groups is 1. The van der Waals surface area contributed by atoms with Gasteiger partial charge in [0.1, 0.15) is 5.66 Å². The first-order valence-corrected chi connectivity index (χ1v) is 11.5. The molecule has 7 heteroatoms. The molecule has 1 saturated carbocycles. The number of amides is 2. The zero-order valence-electron chi connectivity index (χ0n) is 19.2. The van der Waals surface area contributed by atoms with Gasteiger partial charge in [-0.25, -0.2) is 0 Å². The second-order valence-corrected chi connectivity index (χ2v) is 10.3. The van der Waals surface area contributed by atoms with E-state index in [9.17, 15) is 9.59 Å². The lowest BCUT2D eigenvalue weighted by Gasteiger charge is -2.51. The Balaban J connectivity index is 1.62. The number of hydroxylamine groups is 2. The Hall–Kier alpha value is -1.80. The minimum absolute atomic E-state index is 0.0900. The van der Waals surface area contributed by atoms with Gasteiger partial charge in [-0.15, -0.1) is 0 Å². The number of morpholine rings is 1. The molecule has 168 valence electrons. The molecule has 7 nitrogen and oxygen atoms in total. The van der Waals surface area contributed by atoms with Crippen molar-refractivity contribution in [2.24, 2.45) is 11.8 Å². The first-order valence-electron chi connectivity index (χ1n) is 11.5. The Morgan fingerprint density at radius 1 is 0.968 bits per heavy atom. The molecule has 2 amide bonds. The Morgan fingerprint density at radius 3 is 1.97 bits per heavy atom. The van der Waals surface area contributed by atoms with Gasteiger partial charge in [-0.2, -0.15) is 5.06 Å². The molecule has 0 spiro atoms. The lowest BCUT2D eigenvalue weighted by atomic mass is 9.93. The Labute approximate surface area is 184 Å². The third-order valence-corrected chi connectivity index (χ3v) is 7.80. The van der Waals surface area contributed by atoms with E-state index >= 15 is 0 Å². The highest BCUT2D eigenvalue weighted by Gasteiger charge is 2.87. The van der Waals surface area contributed by atoms with Crippen LogP contribution in [0.5, 0.6) is 0 Å². The lowest BCUT2D eigenvalue weighted by molar-refractivity contribution is -0.265. The maximum absolute atomic E-state index is 13.6. The van der Waals surface area contributed by atoms with Crippen LogP contribution in [0.3, 0.4) is 0 Å². The summed E-state index contributed by atoms with van der Waals surface area (Å²) in [4.78, 5) is 37.5. The van der Waals surface area contributed by atoms with Crippen LogP contribution in [0.1, 0.15) is 61.8 Å². The van der Waals surface area contributed by atoms with Crippen LogP contribution in [0.25, 0.3) is 0 Å². The van der Waals surface area contributed by atoms with E-state index in [-0.39, 0.29) is 34.7 Å². The van der Waals surface area contributed by atoms with Crippen LogP contribution in [-0.4, -0.2) is 76.3 Å². The van der Waals surface area contributed by atoms with Crippen molar-refractivity contribution in [1.82, 2.24) is 14.9 Å². The van der Waals surface area contributed by atoms with Crippen molar-refractivity contribution in [2.75, 3.05) is 32.9 Å². The van der Waals surface area contributed by atoms with E-state index in [1.807, 2.05) is 12.1 Å². The molecule has 2 atom stereocenters. The van der Waals surface area contributed by atoms with Crippen molar-refractivity contribution in [1.29, 1.82) is 0 Å². The molecule has 3 fully saturated rings. The molecule has 0 aromatic heterocycles. The summed E-state index contributed by atoms with van der Waals surface area (Å²) in [6, 6.07) is 7.20. The number of nitrogens with zero attached hydrogens (tertiary/aromatic N) is 3. The summed E-state index contributed by atoms with van der Waals surface area (Å²) in [5.74, 6) is -0.164. The first-order chi connectivity index (χ1) is 14.7. The Bertz CT molecular complexity index is 864. The van der Waals surface area contributed by atoms with Crippen molar-refractivity contribution in [3.8, 4) is 0 Å². The monoisotopic (exact) mass is 427 g/mol. The van der Waals surface area contributed by atoms with E-state index in [0.29, 0.717) is 44.0 Å². The summed E-state index contributed by atoms with van der Waals surface area (Å²) >= 11 is 0. The fourth-order valence-electron chi connectivity index (χ4n) is 6.98. The summed E-state index contributed by atoms with van der Waals surface area (Å²) in [6.45, 7) is 14.2. The van der Waals surface area contributed by atoms with E-state index in [1.54, 1.807) is 17.0 Å². The third kappa shape index (κ3) is 2.55. The van der Waals surface area contributed by atoms with E-state index in [4.69, 9.17) is 9.57 Å². The molecular weight excluding hydrogens is 394 g/mol. The van der Waals surface area contributed by atoms with Crippen LogP contribution in [0.2, 0.25) is 0 Å². The summed E-state index contributed by atoms with van der Waals surface area (Å²) < 4.78 is 5.64. The van der Waals surface area contributed by atoms with Crippen LogP contribution in [0.15, 0.2) is 24.3 Å². The van der Waals surface area contributed by atoms with E-state index < -0.39 is 5.66 Å². The molecule has 3 heterocycles. The van der Waals surface area contributed by atoms with E-state index in [2.05, 4.69) is 44.6 Å². The van der Waals surface area contributed by atoms with Gasteiger partial charge in [0.05, 0.1) is 30.9 Å². The van der Waals surface area contributed by atoms with Gasteiger partial charge in [-0.1, -0.05) is 19.1 Å². The maximum atomic E-state index is 13.6. The number of benzene rings is 1. The van der Waals surface area contributed by atoms with Crippen molar-refractivity contribution in [3.05, 3.63) is 35.4 Å². The van der Waals surface area contributed by atoms with Crippen molar-refractivity contribution in [3.63, 3.8) is 0 Å². The number of hydrogen-bond donors (Lipinski definition) is 0. The number of ether oxygens (including phenoxy) is 1. The van der Waals surface area contributed by atoms with Crippen molar-refractivity contribution < 1.29 is 19.2 Å². The summed E-state index contributed by atoms with van der Waals surface area (Å²) in [5, 5.41) is 2.13. The van der Waals surface area contributed by atoms with Gasteiger partial charge in [0.25, 0.3) is 11.8 Å². The number of hydrogen-bond acceptors (Lipinski definition) is 6. The van der Waals surface area contributed by atoms with Crippen LogP contribution >= 0.6 is 0 Å². The lowest BCUT2D eigenvalue weighted by Crippen LogP contribution is -2.66. The molecule has 1 aliphatic carbocycles. The molecule has 1 aromatic rings. The number of fused-ring (bicyclic) bond motifs is 2. The second kappa shape index (κ2) is 6.85. The molecule has 0 bridgehead atoms. The minimum atomic E-state index is -0.657. The fourth-order valence-corrected chi connectivity index (χ4v) is 6.98. The average molecular weight is 428 g/mol. The molecule has 5 rings (SSSR count). The number of carbonyl (C=O) groups is 2. The Kier molecular flexibility index (Phi) is 4.65.